The van der Waals surface area contributed by atoms with Gasteiger partial charge in [0.1, 0.15) is 5.75 Å². The molecule has 162 valence electrons. The van der Waals surface area contributed by atoms with Crippen LogP contribution < -0.4 is 19.5 Å². The van der Waals surface area contributed by atoms with E-state index in [0.717, 1.165) is 22.6 Å². The Morgan fingerprint density at radius 3 is 2.75 bits per heavy atom. The van der Waals surface area contributed by atoms with Crippen molar-refractivity contribution in [2.45, 2.75) is 12.8 Å². The zero-order valence-corrected chi connectivity index (χ0v) is 17.8. The molecule has 0 bridgehead atoms. The van der Waals surface area contributed by atoms with Gasteiger partial charge in [0.15, 0.2) is 16.6 Å². The van der Waals surface area contributed by atoms with Gasteiger partial charge in [0.05, 0.1) is 12.8 Å². The number of carbonyl (C=O) groups excluding carboxylic acids is 1. The summed E-state index contributed by atoms with van der Waals surface area (Å²) >= 11 is 1.36. The minimum absolute atomic E-state index is 0.180. The number of aryl methyl sites for hydroxylation is 1. The summed E-state index contributed by atoms with van der Waals surface area (Å²) < 4.78 is 21.1. The number of amides is 1. The second-order valence-corrected chi connectivity index (χ2v) is 7.75. The van der Waals surface area contributed by atoms with Crippen molar-refractivity contribution in [3.05, 3.63) is 53.7 Å². The fourth-order valence-electron chi connectivity index (χ4n) is 3.14. The van der Waals surface area contributed by atoms with Crippen LogP contribution in [0.4, 0.5) is 5.13 Å². The maximum Gasteiger partial charge on any atom is 0.231 e. The highest BCUT2D eigenvalue weighted by Crippen LogP contribution is 2.36. The monoisotopic (exact) mass is 450 g/mol. The second-order valence-electron chi connectivity index (χ2n) is 6.89. The molecule has 5 rings (SSSR count). The highest BCUT2D eigenvalue weighted by molar-refractivity contribution is 7.14. The Bertz CT molecular complexity index is 1250. The molecule has 0 spiro atoms. The average Bonchev–Trinajstić information content (AvgIpc) is 3.58. The van der Waals surface area contributed by atoms with Crippen LogP contribution in [0.15, 0.2) is 52.4 Å². The standard InChI is InChI=1S/C22H18N4O5S/c1-28-15-5-2-13(3-6-15)21-25-20(31-26-21)9-8-19(27)24-22-23-16(11-32-22)14-4-7-17-18(10-14)30-12-29-17/h2-7,10-11H,8-9,12H2,1H3,(H,23,24,27). The molecule has 10 heteroatoms. The van der Waals surface area contributed by atoms with Crippen LogP contribution in [0.25, 0.3) is 22.6 Å². The largest absolute Gasteiger partial charge is 0.497 e. The summed E-state index contributed by atoms with van der Waals surface area (Å²) in [4.78, 5) is 21.2. The third-order valence-electron chi connectivity index (χ3n) is 4.80. The van der Waals surface area contributed by atoms with Gasteiger partial charge in [-0.2, -0.15) is 4.98 Å². The molecule has 3 heterocycles. The van der Waals surface area contributed by atoms with Crippen LogP contribution in [0.3, 0.4) is 0 Å². The number of anilines is 1. The third-order valence-corrected chi connectivity index (χ3v) is 5.56. The molecule has 0 unspecified atom stereocenters. The SMILES string of the molecule is COc1ccc(-c2noc(CCC(=O)Nc3nc(-c4ccc5c(c4)OCO5)cs3)n2)cc1. The van der Waals surface area contributed by atoms with Crippen molar-refractivity contribution in [2.75, 3.05) is 19.2 Å². The molecule has 9 nitrogen and oxygen atoms in total. The van der Waals surface area contributed by atoms with E-state index in [2.05, 4.69) is 20.4 Å². The van der Waals surface area contributed by atoms with Crippen molar-refractivity contribution >= 4 is 22.4 Å². The molecule has 1 N–H and O–H groups in total. The summed E-state index contributed by atoms with van der Waals surface area (Å²) in [5, 5.41) is 9.19. The second kappa shape index (κ2) is 8.67. The van der Waals surface area contributed by atoms with E-state index in [1.54, 1.807) is 7.11 Å². The minimum Gasteiger partial charge on any atom is -0.497 e. The van der Waals surface area contributed by atoms with Gasteiger partial charge in [0.2, 0.25) is 24.4 Å². The molecular formula is C22H18N4O5S. The van der Waals surface area contributed by atoms with Gasteiger partial charge in [-0.05, 0) is 42.5 Å². The van der Waals surface area contributed by atoms with E-state index in [1.165, 1.54) is 11.3 Å². The van der Waals surface area contributed by atoms with Gasteiger partial charge in [-0.15, -0.1) is 11.3 Å². The van der Waals surface area contributed by atoms with Crippen LogP contribution in [-0.4, -0.2) is 34.9 Å². The van der Waals surface area contributed by atoms with Crippen molar-refractivity contribution in [3.63, 3.8) is 0 Å². The van der Waals surface area contributed by atoms with E-state index in [9.17, 15) is 4.79 Å². The number of ether oxygens (including phenoxy) is 3. The van der Waals surface area contributed by atoms with Gasteiger partial charge in [-0.1, -0.05) is 5.16 Å². The number of fused-ring (bicyclic) bond motifs is 1. The van der Waals surface area contributed by atoms with Gasteiger partial charge in [-0.3, -0.25) is 4.79 Å². The molecule has 1 aliphatic rings. The third kappa shape index (κ3) is 4.26. The number of benzene rings is 2. The lowest BCUT2D eigenvalue weighted by Gasteiger charge is -2.01. The number of hydrogen-bond donors (Lipinski definition) is 1. The first-order chi connectivity index (χ1) is 15.7. The van der Waals surface area contributed by atoms with Gasteiger partial charge in [-0.25, -0.2) is 4.98 Å². The van der Waals surface area contributed by atoms with Crippen molar-refractivity contribution in [3.8, 4) is 39.9 Å². The molecule has 0 radical (unpaired) electrons. The number of hydrogen-bond acceptors (Lipinski definition) is 9. The molecule has 2 aromatic heterocycles. The molecule has 0 fully saturated rings. The van der Waals surface area contributed by atoms with Gasteiger partial charge in [0.25, 0.3) is 0 Å². The van der Waals surface area contributed by atoms with Gasteiger partial charge < -0.3 is 24.1 Å². The molecule has 1 aliphatic heterocycles. The van der Waals surface area contributed by atoms with Gasteiger partial charge in [0, 0.05) is 29.3 Å². The zero-order chi connectivity index (χ0) is 21.9. The predicted molar refractivity (Wildman–Crippen MR) is 117 cm³/mol. The molecule has 1 amide bonds. The summed E-state index contributed by atoms with van der Waals surface area (Å²) in [6, 6.07) is 13.0. The number of aromatic nitrogens is 3. The van der Waals surface area contributed by atoms with Crippen LogP contribution in [-0.2, 0) is 11.2 Å². The maximum absolute atomic E-state index is 12.3. The van der Waals surface area contributed by atoms with E-state index in [-0.39, 0.29) is 19.1 Å². The average molecular weight is 450 g/mol. The fourth-order valence-corrected chi connectivity index (χ4v) is 3.87. The van der Waals surface area contributed by atoms with Crippen LogP contribution in [0.2, 0.25) is 0 Å². The van der Waals surface area contributed by atoms with E-state index in [0.29, 0.717) is 34.8 Å². The Labute approximate surface area is 187 Å². The van der Waals surface area contributed by atoms with E-state index in [4.69, 9.17) is 18.7 Å². The Hall–Kier alpha value is -3.92. The molecule has 0 saturated heterocycles. The molecule has 32 heavy (non-hydrogen) atoms. The Balaban J connectivity index is 1.17. The minimum atomic E-state index is -0.180. The highest BCUT2D eigenvalue weighted by Gasteiger charge is 2.16. The summed E-state index contributed by atoms with van der Waals surface area (Å²) in [6.07, 6.45) is 0.526. The lowest BCUT2D eigenvalue weighted by molar-refractivity contribution is -0.116. The van der Waals surface area contributed by atoms with Crippen molar-refractivity contribution < 1.29 is 23.5 Å². The number of nitrogens with zero attached hydrogens (tertiary/aromatic N) is 3. The molecule has 0 saturated carbocycles. The van der Waals surface area contributed by atoms with E-state index >= 15 is 0 Å². The number of methoxy groups -OCH3 is 1. The molecule has 2 aromatic carbocycles. The van der Waals surface area contributed by atoms with Gasteiger partial charge >= 0.3 is 0 Å². The molecular weight excluding hydrogens is 432 g/mol. The molecule has 4 aromatic rings. The smallest absolute Gasteiger partial charge is 0.231 e. The van der Waals surface area contributed by atoms with Crippen molar-refractivity contribution in [1.29, 1.82) is 0 Å². The maximum atomic E-state index is 12.3. The first-order valence-electron chi connectivity index (χ1n) is 9.80. The number of rotatable bonds is 7. The number of thiazole rings is 1. The van der Waals surface area contributed by atoms with Crippen LogP contribution in [0.1, 0.15) is 12.3 Å². The quantitative estimate of drug-likeness (QED) is 0.447. The molecule has 0 atom stereocenters. The van der Waals surface area contributed by atoms with E-state index < -0.39 is 0 Å². The van der Waals surface area contributed by atoms with Crippen LogP contribution in [0, 0.1) is 0 Å². The number of nitrogens with one attached hydrogen (secondary N) is 1. The van der Waals surface area contributed by atoms with Crippen molar-refractivity contribution in [2.24, 2.45) is 0 Å². The van der Waals surface area contributed by atoms with Crippen molar-refractivity contribution in [1.82, 2.24) is 15.1 Å². The van der Waals surface area contributed by atoms with E-state index in [1.807, 2.05) is 47.8 Å². The summed E-state index contributed by atoms with van der Waals surface area (Å²) in [7, 11) is 1.61. The molecule has 0 aliphatic carbocycles. The Morgan fingerprint density at radius 2 is 1.91 bits per heavy atom. The Morgan fingerprint density at radius 1 is 1.09 bits per heavy atom. The zero-order valence-electron chi connectivity index (χ0n) is 17.0. The Kier molecular flexibility index (Phi) is 5.42. The first-order valence-corrected chi connectivity index (χ1v) is 10.7. The topological polar surface area (TPSA) is 109 Å². The normalized spacial score (nSPS) is 12.0. The number of carbonyl (C=O) groups is 1. The summed E-state index contributed by atoms with van der Waals surface area (Å²) in [5.74, 6) is 2.84. The highest BCUT2D eigenvalue weighted by atomic mass is 32.1. The predicted octanol–water partition coefficient (Wildman–Crippen LogP) is 4.17. The summed E-state index contributed by atoms with van der Waals surface area (Å²) in [5.41, 5.74) is 2.46. The lowest BCUT2D eigenvalue weighted by Crippen LogP contribution is -2.12. The van der Waals surface area contributed by atoms with Crippen LogP contribution in [0.5, 0.6) is 17.2 Å². The fraction of sp³-hybridized carbons (Fsp3) is 0.182. The summed E-state index contributed by atoms with van der Waals surface area (Å²) in [6.45, 7) is 0.221. The first kappa shape index (κ1) is 20.0. The van der Waals surface area contributed by atoms with Crippen LogP contribution >= 0.6 is 11.3 Å². The lowest BCUT2D eigenvalue weighted by atomic mass is 10.1.